The second-order valence-electron chi connectivity index (χ2n) is 6.78. The minimum absolute atomic E-state index is 0.00611. The number of carbonyl (C=O) groups excluding carboxylic acids is 1. The highest BCUT2D eigenvalue weighted by molar-refractivity contribution is 8.00. The molecule has 0 spiro atoms. The van der Waals surface area contributed by atoms with E-state index >= 15 is 0 Å². The van der Waals surface area contributed by atoms with Crippen LogP contribution >= 0.6 is 23.4 Å². The summed E-state index contributed by atoms with van der Waals surface area (Å²) in [5.41, 5.74) is 0. The van der Waals surface area contributed by atoms with E-state index in [4.69, 9.17) is 16.3 Å². The third-order valence-corrected chi connectivity index (χ3v) is 6.57. The van der Waals surface area contributed by atoms with E-state index in [-0.39, 0.29) is 11.3 Å². The zero-order valence-corrected chi connectivity index (χ0v) is 17.4. The Bertz CT molecular complexity index is 776. The first kappa shape index (κ1) is 20.2. The first-order chi connectivity index (χ1) is 13.1. The van der Waals surface area contributed by atoms with Crippen LogP contribution in [-0.4, -0.2) is 25.8 Å². The van der Waals surface area contributed by atoms with Gasteiger partial charge in [-0.1, -0.05) is 55.8 Å². The molecule has 3 rings (SSSR count). The van der Waals surface area contributed by atoms with Crippen molar-refractivity contribution in [1.82, 2.24) is 14.8 Å². The van der Waals surface area contributed by atoms with E-state index in [9.17, 15) is 4.79 Å². The van der Waals surface area contributed by atoms with E-state index in [2.05, 4.69) is 28.6 Å². The van der Waals surface area contributed by atoms with Gasteiger partial charge >= 0.3 is 0 Å². The Morgan fingerprint density at radius 2 is 2.04 bits per heavy atom. The number of ether oxygens (including phenoxy) is 1. The average molecular weight is 408 g/mol. The first-order valence-electron chi connectivity index (χ1n) is 9.64. The Hall–Kier alpha value is -1.53. The Morgan fingerprint density at radius 3 is 2.74 bits per heavy atom. The lowest BCUT2D eigenvalue weighted by Crippen LogP contribution is -2.22. The van der Waals surface area contributed by atoms with Crippen molar-refractivity contribution in [1.29, 1.82) is 0 Å². The van der Waals surface area contributed by atoms with Crippen LogP contribution in [0.1, 0.15) is 64.2 Å². The van der Waals surface area contributed by atoms with Gasteiger partial charge in [0.25, 0.3) is 0 Å². The maximum absolute atomic E-state index is 12.3. The molecule has 27 heavy (non-hydrogen) atoms. The molecule has 1 fully saturated rings. The third kappa shape index (κ3) is 4.85. The number of carbonyl (C=O) groups is 1. The number of hydrogen-bond acceptors (Lipinski definition) is 5. The lowest BCUT2D eigenvalue weighted by atomic mass is 9.99. The minimum atomic E-state index is -0.00611. The molecule has 1 heterocycles. The van der Waals surface area contributed by atoms with Crippen LogP contribution in [-0.2, 0) is 11.4 Å². The molecule has 146 valence electrons. The highest BCUT2D eigenvalue weighted by atomic mass is 35.5. The topological polar surface area (TPSA) is 57.0 Å². The van der Waals surface area contributed by atoms with E-state index in [0.29, 0.717) is 29.6 Å². The number of Topliss-reactive ketones (excluding diaryl/α,β-unsaturated/α-hetero) is 1. The Labute approximate surface area is 169 Å². The summed E-state index contributed by atoms with van der Waals surface area (Å²) >= 11 is 7.75. The first-order valence-corrected chi connectivity index (χ1v) is 10.9. The number of halogens is 1. The van der Waals surface area contributed by atoms with Crippen LogP contribution in [0, 0.1) is 0 Å². The van der Waals surface area contributed by atoms with Crippen molar-refractivity contribution in [2.45, 2.75) is 75.4 Å². The normalized spacial score (nSPS) is 17.5. The predicted octanol–water partition coefficient (Wildman–Crippen LogP) is 5.48. The molecule has 0 aliphatic heterocycles. The summed E-state index contributed by atoms with van der Waals surface area (Å²) in [7, 11) is 0. The molecule has 0 radical (unpaired) electrons. The lowest BCUT2D eigenvalue weighted by molar-refractivity contribution is -0.119. The van der Waals surface area contributed by atoms with Crippen LogP contribution in [0.4, 0.5) is 0 Å². The number of para-hydroxylation sites is 1. The van der Waals surface area contributed by atoms with Crippen molar-refractivity contribution in [2.24, 2.45) is 0 Å². The van der Waals surface area contributed by atoms with Gasteiger partial charge in [0.2, 0.25) is 0 Å². The van der Waals surface area contributed by atoms with Gasteiger partial charge in [-0.25, -0.2) is 0 Å². The molecule has 0 N–H and O–H groups in total. The molecule has 1 aromatic heterocycles. The van der Waals surface area contributed by atoms with Crippen LogP contribution in [0.5, 0.6) is 5.75 Å². The molecule has 0 amide bonds. The molecule has 1 aromatic carbocycles. The summed E-state index contributed by atoms with van der Waals surface area (Å²) in [6, 6.07) is 7.70. The van der Waals surface area contributed by atoms with Crippen LogP contribution in [0.3, 0.4) is 0 Å². The SMILES string of the molecule is CCC(CC)n1c(COc2ccccc2Cl)nnc1SC1CCCCC1=O. The monoisotopic (exact) mass is 407 g/mol. The highest BCUT2D eigenvalue weighted by Gasteiger charge is 2.27. The Kier molecular flexibility index (Phi) is 7.19. The standard InChI is InChI=1S/C20H26ClN3O2S/c1-3-14(4-2)24-19(13-26-17-11-7-5-9-15(17)21)22-23-20(24)27-18-12-8-6-10-16(18)25/h5,7,9,11,14,18H,3-4,6,8,10,12-13H2,1-2H3. The predicted molar refractivity (Wildman–Crippen MR) is 109 cm³/mol. The molecule has 0 bridgehead atoms. The van der Waals surface area contributed by atoms with Crippen molar-refractivity contribution in [3.63, 3.8) is 0 Å². The smallest absolute Gasteiger partial charge is 0.192 e. The Balaban J connectivity index is 1.81. The van der Waals surface area contributed by atoms with Crippen molar-refractivity contribution in [3.8, 4) is 5.75 Å². The van der Waals surface area contributed by atoms with E-state index in [1.165, 1.54) is 0 Å². The number of thioether (sulfide) groups is 1. The summed E-state index contributed by atoms with van der Waals surface area (Å²) in [6.45, 7) is 4.62. The molecule has 0 saturated heterocycles. The van der Waals surface area contributed by atoms with Gasteiger partial charge in [-0.2, -0.15) is 0 Å². The average Bonchev–Trinajstić information content (AvgIpc) is 3.07. The van der Waals surface area contributed by atoms with E-state index in [0.717, 1.165) is 43.1 Å². The number of ketones is 1. The highest BCUT2D eigenvalue weighted by Crippen LogP contribution is 2.34. The summed E-state index contributed by atoms with van der Waals surface area (Å²) in [5.74, 6) is 1.74. The fourth-order valence-corrected chi connectivity index (χ4v) is 4.85. The Morgan fingerprint density at radius 1 is 1.26 bits per heavy atom. The number of hydrogen-bond donors (Lipinski definition) is 0. The maximum atomic E-state index is 12.3. The molecule has 2 aromatic rings. The molecule has 1 unspecified atom stereocenters. The van der Waals surface area contributed by atoms with Crippen molar-refractivity contribution >= 4 is 29.1 Å². The molecule has 1 saturated carbocycles. The molecule has 1 aliphatic rings. The van der Waals surface area contributed by atoms with Crippen molar-refractivity contribution in [3.05, 3.63) is 35.1 Å². The molecular formula is C20H26ClN3O2S. The minimum Gasteiger partial charge on any atom is -0.484 e. The van der Waals surface area contributed by atoms with E-state index < -0.39 is 0 Å². The summed E-state index contributed by atoms with van der Waals surface area (Å²) in [4.78, 5) is 12.3. The van der Waals surface area contributed by atoms with Crippen LogP contribution in [0.15, 0.2) is 29.4 Å². The summed E-state index contributed by atoms with van der Waals surface area (Å²) < 4.78 is 8.05. The van der Waals surface area contributed by atoms with E-state index in [1.807, 2.05) is 18.2 Å². The van der Waals surface area contributed by atoms with Gasteiger partial charge in [0.1, 0.15) is 18.1 Å². The second-order valence-corrected chi connectivity index (χ2v) is 8.35. The van der Waals surface area contributed by atoms with Gasteiger partial charge in [0.05, 0.1) is 10.3 Å². The number of benzene rings is 1. The van der Waals surface area contributed by atoms with Gasteiger partial charge in [-0.3, -0.25) is 4.79 Å². The van der Waals surface area contributed by atoms with Gasteiger partial charge < -0.3 is 9.30 Å². The largest absolute Gasteiger partial charge is 0.484 e. The van der Waals surface area contributed by atoms with Crippen LogP contribution < -0.4 is 4.74 Å². The van der Waals surface area contributed by atoms with Gasteiger partial charge in [-0.15, -0.1) is 10.2 Å². The van der Waals surface area contributed by atoms with Gasteiger partial charge in [0.15, 0.2) is 11.0 Å². The molecule has 1 aliphatic carbocycles. The summed E-state index contributed by atoms with van der Waals surface area (Å²) in [5, 5.41) is 10.2. The molecular weight excluding hydrogens is 382 g/mol. The van der Waals surface area contributed by atoms with Crippen molar-refractivity contribution < 1.29 is 9.53 Å². The number of nitrogens with zero attached hydrogens (tertiary/aromatic N) is 3. The van der Waals surface area contributed by atoms with E-state index in [1.54, 1.807) is 17.8 Å². The maximum Gasteiger partial charge on any atom is 0.192 e. The zero-order chi connectivity index (χ0) is 19.2. The lowest BCUT2D eigenvalue weighted by Gasteiger charge is -2.23. The summed E-state index contributed by atoms with van der Waals surface area (Å²) in [6.07, 6.45) is 5.65. The fraction of sp³-hybridized carbons (Fsp3) is 0.550. The quantitative estimate of drug-likeness (QED) is 0.580. The number of rotatable bonds is 8. The van der Waals surface area contributed by atoms with Crippen molar-refractivity contribution in [2.75, 3.05) is 0 Å². The second kappa shape index (κ2) is 9.60. The molecule has 1 atom stereocenters. The van der Waals surface area contributed by atoms with Gasteiger partial charge in [-0.05, 0) is 37.8 Å². The zero-order valence-electron chi connectivity index (χ0n) is 15.9. The van der Waals surface area contributed by atoms with Crippen LogP contribution in [0.2, 0.25) is 5.02 Å². The van der Waals surface area contributed by atoms with Crippen LogP contribution in [0.25, 0.3) is 0 Å². The fourth-order valence-electron chi connectivity index (χ4n) is 3.41. The third-order valence-electron chi connectivity index (χ3n) is 4.98. The molecule has 7 heteroatoms. The van der Waals surface area contributed by atoms with Gasteiger partial charge in [0, 0.05) is 12.5 Å². The number of aromatic nitrogens is 3. The molecule has 5 nitrogen and oxygen atoms in total.